The summed E-state index contributed by atoms with van der Waals surface area (Å²) in [6.07, 6.45) is 1.69. The van der Waals surface area contributed by atoms with Crippen LogP contribution in [0.2, 0.25) is 0 Å². The number of nitrogens with zero attached hydrogens (tertiary/aromatic N) is 3. The van der Waals surface area contributed by atoms with Crippen molar-refractivity contribution in [1.82, 2.24) is 14.8 Å². The number of rotatable bonds is 2. The second kappa shape index (κ2) is 6.04. The molecular formula is C15H19N3O5S. The largest absolute Gasteiger partial charge is 0.505 e. The van der Waals surface area contributed by atoms with E-state index in [-0.39, 0.29) is 48.4 Å². The van der Waals surface area contributed by atoms with Gasteiger partial charge in [0.1, 0.15) is 5.75 Å². The van der Waals surface area contributed by atoms with E-state index in [1.807, 2.05) is 0 Å². The Labute approximate surface area is 140 Å². The monoisotopic (exact) mass is 353 g/mol. The third-order valence-corrected chi connectivity index (χ3v) is 6.25. The van der Waals surface area contributed by atoms with E-state index in [1.165, 1.54) is 23.2 Å². The highest BCUT2D eigenvalue weighted by atomic mass is 32.2. The van der Waals surface area contributed by atoms with Crippen LogP contribution in [0.15, 0.2) is 18.3 Å². The van der Waals surface area contributed by atoms with Crippen molar-refractivity contribution in [2.45, 2.75) is 25.4 Å². The number of carbonyl (C=O) groups is 2. The summed E-state index contributed by atoms with van der Waals surface area (Å²) in [5.74, 6) is -1.18. The van der Waals surface area contributed by atoms with Gasteiger partial charge in [0.05, 0.1) is 23.6 Å². The Hall–Kier alpha value is -2.16. The Kier molecular flexibility index (Phi) is 4.20. The van der Waals surface area contributed by atoms with Crippen LogP contribution in [0, 0.1) is 0 Å². The average molecular weight is 353 g/mol. The van der Waals surface area contributed by atoms with Crippen molar-refractivity contribution in [2.75, 3.05) is 24.6 Å². The molecule has 0 unspecified atom stereocenters. The van der Waals surface area contributed by atoms with Crippen molar-refractivity contribution in [3.05, 3.63) is 24.0 Å². The minimum atomic E-state index is -3.33. The molecular weight excluding hydrogens is 334 g/mol. The van der Waals surface area contributed by atoms with Gasteiger partial charge in [0.15, 0.2) is 15.5 Å². The number of amides is 2. The second-order valence-corrected chi connectivity index (χ2v) is 8.18. The van der Waals surface area contributed by atoms with Gasteiger partial charge in [-0.2, -0.15) is 0 Å². The van der Waals surface area contributed by atoms with Gasteiger partial charge < -0.3 is 14.9 Å². The Bertz CT molecular complexity index is 779. The van der Waals surface area contributed by atoms with Crippen molar-refractivity contribution in [3.63, 3.8) is 0 Å². The summed E-state index contributed by atoms with van der Waals surface area (Å²) in [7, 11) is -3.33. The van der Waals surface area contributed by atoms with Crippen molar-refractivity contribution >= 4 is 21.7 Å². The Morgan fingerprint density at radius 2 is 1.88 bits per heavy atom. The topological polar surface area (TPSA) is 108 Å². The Balaban J connectivity index is 1.93. The van der Waals surface area contributed by atoms with Crippen molar-refractivity contribution in [3.8, 4) is 5.75 Å². The maximum Gasteiger partial charge on any atom is 0.276 e. The first kappa shape index (κ1) is 16.7. The van der Waals surface area contributed by atoms with Gasteiger partial charge in [-0.3, -0.25) is 9.59 Å². The van der Waals surface area contributed by atoms with Crippen LogP contribution in [0.1, 0.15) is 23.8 Å². The molecule has 2 aliphatic rings. The third-order valence-electron chi connectivity index (χ3n) is 4.55. The molecule has 2 amide bonds. The van der Waals surface area contributed by atoms with E-state index in [0.717, 1.165) is 0 Å². The molecule has 0 spiro atoms. The molecule has 2 atom stereocenters. The van der Waals surface area contributed by atoms with E-state index in [4.69, 9.17) is 0 Å². The first-order chi connectivity index (χ1) is 11.3. The highest BCUT2D eigenvalue weighted by Crippen LogP contribution is 2.29. The van der Waals surface area contributed by atoms with Gasteiger partial charge in [-0.25, -0.2) is 13.4 Å². The van der Waals surface area contributed by atoms with Crippen molar-refractivity contribution in [2.24, 2.45) is 0 Å². The molecule has 8 nitrogen and oxygen atoms in total. The molecule has 0 radical (unpaired) electrons. The number of aromatic nitrogens is 1. The zero-order valence-corrected chi connectivity index (χ0v) is 14.1. The number of hydrogen-bond donors (Lipinski definition) is 1. The van der Waals surface area contributed by atoms with Gasteiger partial charge in [0, 0.05) is 25.7 Å². The molecule has 1 aromatic rings. The summed E-state index contributed by atoms with van der Waals surface area (Å²) in [4.78, 5) is 31.7. The quantitative estimate of drug-likeness (QED) is 0.778. The molecule has 9 heteroatoms. The van der Waals surface area contributed by atoms with E-state index in [0.29, 0.717) is 0 Å². The normalized spacial score (nSPS) is 25.4. The molecule has 3 rings (SSSR count). The number of sulfone groups is 1. The molecule has 2 fully saturated rings. The van der Waals surface area contributed by atoms with Crippen LogP contribution in [0.4, 0.5) is 0 Å². The molecule has 3 heterocycles. The molecule has 24 heavy (non-hydrogen) atoms. The van der Waals surface area contributed by atoms with Crippen LogP contribution in [-0.2, 0) is 14.6 Å². The highest BCUT2D eigenvalue weighted by Gasteiger charge is 2.49. The van der Waals surface area contributed by atoms with Gasteiger partial charge in [-0.1, -0.05) is 6.92 Å². The van der Waals surface area contributed by atoms with Crippen LogP contribution in [-0.4, -0.2) is 76.8 Å². The fourth-order valence-electron chi connectivity index (χ4n) is 3.42. The van der Waals surface area contributed by atoms with Crippen molar-refractivity contribution in [1.29, 1.82) is 0 Å². The van der Waals surface area contributed by atoms with Gasteiger partial charge in [0.2, 0.25) is 5.91 Å². The van der Waals surface area contributed by atoms with E-state index in [2.05, 4.69) is 4.98 Å². The number of piperazine rings is 1. The first-order valence-corrected chi connectivity index (χ1v) is 9.61. The lowest BCUT2D eigenvalue weighted by Gasteiger charge is -2.43. The van der Waals surface area contributed by atoms with Gasteiger partial charge in [-0.05, 0) is 12.1 Å². The summed E-state index contributed by atoms with van der Waals surface area (Å²) in [5.41, 5.74) is -0.101. The van der Waals surface area contributed by atoms with Crippen LogP contribution in [0.25, 0.3) is 0 Å². The van der Waals surface area contributed by atoms with Crippen LogP contribution >= 0.6 is 0 Å². The molecule has 1 aromatic heterocycles. The number of fused-ring (bicyclic) bond motifs is 1. The predicted molar refractivity (Wildman–Crippen MR) is 85.2 cm³/mol. The van der Waals surface area contributed by atoms with Crippen molar-refractivity contribution < 1.29 is 23.1 Å². The lowest BCUT2D eigenvalue weighted by Crippen LogP contribution is -2.62. The van der Waals surface area contributed by atoms with Gasteiger partial charge >= 0.3 is 0 Å². The third kappa shape index (κ3) is 2.83. The molecule has 2 aliphatic heterocycles. The summed E-state index contributed by atoms with van der Waals surface area (Å²) < 4.78 is 24.2. The standard InChI is InChI=1S/C15H19N3O5S/c1-2-13(20)17-6-7-18(11-9-24(22,23)8-10(11)17)15(21)14-12(19)4-3-5-16-14/h3-5,10-11,19H,2,6-9H2,1H3/t10-,11+/m0/s1. The fraction of sp³-hybridized carbons (Fsp3) is 0.533. The summed E-state index contributed by atoms with van der Waals surface area (Å²) >= 11 is 0. The molecule has 0 aliphatic carbocycles. The average Bonchev–Trinajstić information content (AvgIpc) is 2.87. The van der Waals surface area contributed by atoms with E-state index >= 15 is 0 Å². The predicted octanol–water partition coefficient (Wildman–Crippen LogP) is -0.353. The maximum atomic E-state index is 12.7. The van der Waals surface area contributed by atoms with Gasteiger partial charge in [0.25, 0.3) is 5.91 Å². The second-order valence-electron chi connectivity index (χ2n) is 6.02. The molecule has 0 bridgehead atoms. The number of pyridine rings is 1. The molecule has 130 valence electrons. The first-order valence-electron chi connectivity index (χ1n) is 7.79. The number of hydrogen-bond acceptors (Lipinski definition) is 6. The molecule has 2 saturated heterocycles. The fourth-order valence-corrected chi connectivity index (χ4v) is 5.40. The molecule has 1 N–H and O–H groups in total. The van der Waals surface area contributed by atoms with Crippen LogP contribution in [0.5, 0.6) is 5.75 Å². The lowest BCUT2D eigenvalue weighted by molar-refractivity contribution is -0.135. The minimum absolute atomic E-state index is 0.101. The van der Waals surface area contributed by atoms with Gasteiger partial charge in [-0.15, -0.1) is 0 Å². The number of carbonyl (C=O) groups excluding carboxylic acids is 2. The minimum Gasteiger partial charge on any atom is -0.505 e. The summed E-state index contributed by atoms with van der Waals surface area (Å²) in [6.45, 7) is 2.23. The maximum absolute atomic E-state index is 12.7. The Morgan fingerprint density at radius 1 is 1.25 bits per heavy atom. The summed E-state index contributed by atoms with van der Waals surface area (Å²) in [5, 5.41) is 9.84. The zero-order chi connectivity index (χ0) is 17.5. The van der Waals surface area contributed by atoms with E-state index < -0.39 is 27.8 Å². The zero-order valence-electron chi connectivity index (χ0n) is 13.3. The molecule has 0 saturated carbocycles. The highest BCUT2D eigenvalue weighted by molar-refractivity contribution is 7.91. The molecule has 0 aromatic carbocycles. The SMILES string of the molecule is CCC(=O)N1CCN(C(=O)c2ncccc2O)[C@@H]2CS(=O)(=O)C[C@@H]21. The van der Waals surface area contributed by atoms with E-state index in [1.54, 1.807) is 11.8 Å². The smallest absolute Gasteiger partial charge is 0.276 e. The lowest BCUT2D eigenvalue weighted by atomic mass is 10.0. The summed E-state index contributed by atoms with van der Waals surface area (Å²) in [6, 6.07) is 1.73. The van der Waals surface area contributed by atoms with Crippen LogP contribution < -0.4 is 0 Å². The van der Waals surface area contributed by atoms with E-state index in [9.17, 15) is 23.1 Å². The Morgan fingerprint density at radius 3 is 2.50 bits per heavy atom. The number of aromatic hydroxyl groups is 1. The van der Waals surface area contributed by atoms with Crippen LogP contribution in [0.3, 0.4) is 0 Å².